The minimum Gasteiger partial charge on any atom is -0.366 e. The summed E-state index contributed by atoms with van der Waals surface area (Å²) in [5.74, 6) is -0.977. The quantitative estimate of drug-likeness (QED) is 0.507. The normalized spacial score (nSPS) is 13.3. The van der Waals surface area contributed by atoms with E-state index in [0.29, 0.717) is 12.0 Å². The zero-order valence-corrected chi connectivity index (χ0v) is 10.4. The first-order valence-corrected chi connectivity index (χ1v) is 5.63. The van der Waals surface area contributed by atoms with E-state index in [4.69, 9.17) is 4.74 Å². The summed E-state index contributed by atoms with van der Waals surface area (Å²) in [5.41, 5.74) is 0.414. The molecule has 0 fully saturated rings. The Balaban J connectivity index is 3.54. The van der Waals surface area contributed by atoms with Gasteiger partial charge < -0.3 is 9.84 Å². The zero-order chi connectivity index (χ0) is 11.2. The van der Waals surface area contributed by atoms with Crippen molar-refractivity contribution in [3.05, 3.63) is 0 Å². The van der Waals surface area contributed by atoms with Gasteiger partial charge in [-0.3, -0.25) is 0 Å². The van der Waals surface area contributed by atoms with Crippen molar-refractivity contribution >= 4 is 0 Å². The Hall–Kier alpha value is -0.0800. The van der Waals surface area contributed by atoms with E-state index in [1.807, 2.05) is 0 Å². The lowest BCUT2D eigenvalue weighted by molar-refractivity contribution is -0.177. The molecule has 0 aromatic carbocycles. The van der Waals surface area contributed by atoms with Gasteiger partial charge in [0.25, 0.3) is 0 Å². The second-order valence-corrected chi connectivity index (χ2v) is 5.31. The molecule has 0 saturated heterocycles. The summed E-state index contributed by atoms with van der Waals surface area (Å²) in [6.07, 6.45) is 4.68. The Morgan fingerprint density at radius 1 is 1.07 bits per heavy atom. The maximum atomic E-state index is 9.33. The monoisotopic (exact) mass is 202 g/mol. The largest absolute Gasteiger partial charge is 0.366 e. The number of rotatable bonds is 7. The van der Waals surface area contributed by atoms with Crippen LogP contribution in [0.4, 0.5) is 0 Å². The van der Waals surface area contributed by atoms with Gasteiger partial charge in [-0.1, -0.05) is 27.2 Å². The molecule has 0 spiro atoms. The highest BCUT2D eigenvalue weighted by Gasteiger charge is 2.17. The van der Waals surface area contributed by atoms with E-state index in [-0.39, 0.29) is 0 Å². The third-order valence-electron chi connectivity index (χ3n) is 2.38. The number of ether oxygens (including phenoxy) is 1. The van der Waals surface area contributed by atoms with Gasteiger partial charge in [-0.25, -0.2) is 0 Å². The minimum absolute atomic E-state index is 0.414. The summed E-state index contributed by atoms with van der Waals surface area (Å²) in [7, 11) is 0. The first-order valence-electron chi connectivity index (χ1n) is 5.63. The first-order chi connectivity index (χ1) is 6.27. The van der Waals surface area contributed by atoms with Crippen molar-refractivity contribution < 1.29 is 9.84 Å². The molecule has 2 nitrogen and oxygen atoms in total. The molecule has 0 aliphatic heterocycles. The van der Waals surface area contributed by atoms with Gasteiger partial charge in [-0.05, 0) is 38.5 Å². The molecule has 1 N–H and O–H groups in total. The molecule has 0 aliphatic carbocycles. The lowest BCUT2D eigenvalue weighted by Crippen LogP contribution is -2.24. The van der Waals surface area contributed by atoms with Crippen molar-refractivity contribution in [1.82, 2.24) is 0 Å². The fourth-order valence-corrected chi connectivity index (χ4v) is 1.67. The highest BCUT2D eigenvalue weighted by Crippen LogP contribution is 2.28. The molecule has 0 rings (SSSR count). The van der Waals surface area contributed by atoms with Crippen LogP contribution >= 0.6 is 0 Å². The lowest BCUT2D eigenvalue weighted by Gasteiger charge is -2.25. The maximum Gasteiger partial charge on any atom is 0.159 e. The van der Waals surface area contributed by atoms with Crippen LogP contribution in [0.2, 0.25) is 0 Å². The molecule has 0 aliphatic rings. The van der Waals surface area contributed by atoms with Crippen molar-refractivity contribution in [3.63, 3.8) is 0 Å². The first kappa shape index (κ1) is 13.9. The van der Waals surface area contributed by atoms with Crippen LogP contribution in [0, 0.1) is 5.41 Å². The lowest BCUT2D eigenvalue weighted by atomic mass is 9.83. The van der Waals surface area contributed by atoms with Gasteiger partial charge in [-0.15, -0.1) is 0 Å². The van der Waals surface area contributed by atoms with Crippen molar-refractivity contribution in [2.45, 2.75) is 66.1 Å². The van der Waals surface area contributed by atoms with Crippen LogP contribution in [0.5, 0.6) is 0 Å². The van der Waals surface area contributed by atoms with Crippen LogP contribution < -0.4 is 0 Å². The van der Waals surface area contributed by atoms with Crippen LogP contribution in [0.25, 0.3) is 0 Å². The van der Waals surface area contributed by atoms with Gasteiger partial charge in [0.05, 0.1) is 6.61 Å². The Morgan fingerprint density at radius 3 is 2.07 bits per heavy atom. The fourth-order valence-electron chi connectivity index (χ4n) is 1.67. The second kappa shape index (κ2) is 5.72. The summed E-state index contributed by atoms with van der Waals surface area (Å²) in [6.45, 7) is 10.8. The van der Waals surface area contributed by atoms with Gasteiger partial charge in [-0.2, -0.15) is 0 Å². The molecule has 0 unspecified atom stereocenters. The van der Waals surface area contributed by atoms with Gasteiger partial charge in [0.2, 0.25) is 0 Å². The Bertz CT molecular complexity index is 145. The van der Waals surface area contributed by atoms with Crippen LogP contribution in [0.15, 0.2) is 0 Å². The third kappa shape index (κ3) is 8.52. The predicted molar refractivity (Wildman–Crippen MR) is 60.2 cm³/mol. The molecule has 0 atom stereocenters. The molecule has 14 heavy (non-hydrogen) atoms. The number of hydrogen-bond acceptors (Lipinski definition) is 2. The topological polar surface area (TPSA) is 29.5 Å². The maximum absolute atomic E-state index is 9.33. The molecule has 0 amide bonds. The summed E-state index contributed by atoms with van der Waals surface area (Å²) in [4.78, 5) is 0. The zero-order valence-electron chi connectivity index (χ0n) is 10.4. The minimum atomic E-state index is -0.977. The van der Waals surface area contributed by atoms with E-state index < -0.39 is 5.79 Å². The fraction of sp³-hybridized carbons (Fsp3) is 1.00. The third-order valence-corrected chi connectivity index (χ3v) is 2.38. The molecule has 0 bridgehead atoms. The molecule has 86 valence electrons. The number of aliphatic hydroxyl groups is 1. The number of hydrogen-bond donors (Lipinski definition) is 1. The van der Waals surface area contributed by atoms with Crippen LogP contribution in [-0.2, 0) is 4.74 Å². The smallest absolute Gasteiger partial charge is 0.159 e. The van der Waals surface area contributed by atoms with Crippen molar-refractivity contribution in [3.8, 4) is 0 Å². The van der Waals surface area contributed by atoms with E-state index in [0.717, 1.165) is 12.8 Å². The molecule has 0 saturated carbocycles. The van der Waals surface area contributed by atoms with E-state index in [2.05, 4.69) is 20.8 Å². The van der Waals surface area contributed by atoms with E-state index in [1.165, 1.54) is 12.8 Å². The van der Waals surface area contributed by atoms with E-state index in [1.54, 1.807) is 13.8 Å². The predicted octanol–water partition coefficient (Wildman–Crippen LogP) is 3.34. The average Bonchev–Trinajstić information content (AvgIpc) is 1.96. The van der Waals surface area contributed by atoms with Gasteiger partial charge in [0.1, 0.15) is 0 Å². The highest BCUT2D eigenvalue weighted by atomic mass is 16.6. The van der Waals surface area contributed by atoms with Gasteiger partial charge in [0.15, 0.2) is 5.79 Å². The average molecular weight is 202 g/mol. The standard InChI is InChI=1S/C12H26O2/c1-6-8-11(2,3)9-7-10-14-12(4,5)13/h13H,6-10H2,1-5H3. The van der Waals surface area contributed by atoms with Crippen molar-refractivity contribution in [1.29, 1.82) is 0 Å². The molecule has 2 heteroatoms. The molecule has 0 aromatic heterocycles. The van der Waals surface area contributed by atoms with Crippen LogP contribution in [0.1, 0.15) is 60.3 Å². The SMILES string of the molecule is CCCC(C)(C)CCCOC(C)(C)O. The van der Waals surface area contributed by atoms with Crippen molar-refractivity contribution in [2.75, 3.05) is 6.61 Å². The Morgan fingerprint density at radius 2 is 1.64 bits per heavy atom. The summed E-state index contributed by atoms with van der Waals surface area (Å²) in [5, 5.41) is 9.33. The van der Waals surface area contributed by atoms with Gasteiger partial charge in [0, 0.05) is 0 Å². The van der Waals surface area contributed by atoms with Crippen LogP contribution in [0.3, 0.4) is 0 Å². The summed E-state index contributed by atoms with van der Waals surface area (Å²) >= 11 is 0. The summed E-state index contributed by atoms with van der Waals surface area (Å²) in [6, 6.07) is 0. The Labute approximate surface area is 88.7 Å². The molecule has 0 aromatic rings. The highest BCUT2D eigenvalue weighted by molar-refractivity contribution is 4.67. The molecule has 0 heterocycles. The molecular weight excluding hydrogens is 176 g/mol. The van der Waals surface area contributed by atoms with Gasteiger partial charge >= 0.3 is 0 Å². The van der Waals surface area contributed by atoms with Crippen LogP contribution in [-0.4, -0.2) is 17.5 Å². The molecule has 0 radical (unpaired) electrons. The Kier molecular flexibility index (Phi) is 5.68. The van der Waals surface area contributed by atoms with E-state index >= 15 is 0 Å². The second-order valence-electron chi connectivity index (χ2n) is 5.31. The summed E-state index contributed by atoms with van der Waals surface area (Å²) < 4.78 is 5.26. The van der Waals surface area contributed by atoms with E-state index in [9.17, 15) is 5.11 Å². The molecular formula is C12H26O2. The van der Waals surface area contributed by atoms with Crippen molar-refractivity contribution in [2.24, 2.45) is 5.41 Å².